The standard InChI is InChI=1S/C13H16N4O2S2/c1-13-5-4-9(18)17(13)8(6-20-13)10(19)14-12-16-15-11(21-12)7-2-3-7/h7-8H,2-6H2,1H3,(H,14,16,19)/t8-,13-/m0/s1. The third kappa shape index (κ3) is 2.24. The summed E-state index contributed by atoms with van der Waals surface area (Å²) in [4.78, 5) is 26.0. The molecule has 6 nitrogen and oxygen atoms in total. The van der Waals surface area contributed by atoms with E-state index in [9.17, 15) is 9.59 Å². The van der Waals surface area contributed by atoms with Crippen LogP contribution in [0.4, 0.5) is 5.13 Å². The number of nitrogens with zero attached hydrogens (tertiary/aromatic N) is 3. The van der Waals surface area contributed by atoms with E-state index in [1.165, 1.54) is 24.2 Å². The van der Waals surface area contributed by atoms with Gasteiger partial charge in [-0.3, -0.25) is 14.9 Å². The molecule has 0 spiro atoms. The van der Waals surface area contributed by atoms with Crippen molar-refractivity contribution >= 4 is 40.0 Å². The van der Waals surface area contributed by atoms with Crippen LogP contribution in [0.15, 0.2) is 0 Å². The van der Waals surface area contributed by atoms with E-state index in [1.54, 1.807) is 16.7 Å². The van der Waals surface area contributed by atoms with Crippen LogP contribution in [0.3, 0.4) is 0 Å². The SMILES string of the molecule is C[C@]12CCC(=O)N1[C@H](C(=O)Nc1nnc(C3CC3)s1)CS2. The molecule has 1 N–H and O–H groups in total. The third-order valence-corrected chi connectivity index (χ3v) is 6.85. The van der Waals surface area contributed by atoms with Crippen molar-refractivity contribution in [3.8, 4) is 0 Å². The van der Waals surface area contributed by atoms with Crippen molar-refractivity contribution in [2.24, 2.45) is 0 Å². The van der Waals surface area contributed by atoms with E-state index in [1.807, 2.05) is 6.92 Å². The van der Waals surface area contributed by atoms with Crippen molar-refractivity contribution in [3.05, 3.63) is 5.01 Å². The highest BCUT2D eigenvalue weighted by atomic mass is 32.2. The van der Waals surface area contributed by atoms with Crippen LogP contribution < -0.4 is 5.32 Å². The molecule has 2 amide bonds. The average Bonchev–Trinajstić information content (AvgIpc) is 2.99. The van der Waals surface area contributed by atoms with E-state index in [2.05, 4.69) is 15.5 Å². The minimum atomic E-state index is -0.386. The van der Waals surface area contributed by atoms with Gasteiger partial charge in [-0.1, -0.05) is 11.3 Å². The second-order valence-corrected chi connectivity index (χ2v) is 8.49. The number of amides is 2. The largest absolute Gasteiger partial charge is 0.315 e. The number of hydrogen-bond donors (Lipinski definition) is 1. The summed E-state index contributed by atoms with van der Waals surface area (Å²) in [5.74, 6) is 1.14. The van der Waals surface area contributed by atoms with Crippen LogP contribution in [-0.4, -0.2) is 43.6 Å². The number of fused-ring (bicyclic) bond motifs is 1. The highest BCUT2D eigenvalue weighted by Crippen LogP contribution is 2.47. The van der Waals surface area contributed by atoms with Gasteiger partial charge in [0.05, 0.1) is 4.87 Å². The van der Waals surface area contributed by atoms with E-state index in [0.717, 1.165) is 11.4 Å². The van der Waals surface area contributed by atoms with Crippen LogP contribution in [0.2, 0.25) is 0 Å². The van der Waals surface area contributed by atoms with Crippen molar-refractivity contribution in [1.82, 2.24) is 15.1 Å². The Labute approximate surface area is 130 Å². The Kier molecular flexibility index (Phi) is 3.01. The lowest BCUT2D eigenvalue weighted by Crippen LogP contribution is -2.48. The van der Waals surface area contributed by atoms with Gasteiger partial charge in [0.25, 0.3) is 0 Å². The minimum absolute atomic E-state index is 0.0820. The Balaban J connectivity index is 1.48. The van der Waals surface area contributed by atoms with Gasteiger partial charge in [-0.05, 0) is 26.2 Å². The minimum Gasteiger partial charge on any atom is -0.315 e. The molecule has 3 heterocycles. The van der Waals surface area contributed by atoms with Crippen LogP contribution in [0.1, 0.15) is 43.5 Å². The molecule has 112 valence electrons. The zero-order valence-electron chi connectivity index (χ0n) is 11.7. The molecule has 21 heavy (non-hydrogen) atoms. The molecule has 1 aromatic heterocycles. The number of thioether (sulfide) groups is 1. The van der Waals surface area contributed by atoms with Gasteiger partial charge in [-0.2, -0.15) is 0 Å². The van der Waals surface area contributed by atoms with Gasteiger partial charge in [0.15, 0.2) is 0 Å². The average molecular weight is 324 g/mol. The second kappa shape index (κ2) is 4.67. The fourth-order valence-corrected chi connectivity index (χ4v) is 5.33. The number of hydrogen-bond acceptors (Lipinski definition) is 6. The molecular weight excluding hydrogens is 308 g/mol. The predicted octanol–water partition coefficient (Wildman–Crippen LogP) is 1.81. The summed E-state index contributed by atoms with van der Waals surface area (Å²) < 4.78 is 0. The molecule has 2 atom stereocenters. The Morgan fingerprint density at radius 3 is 3.00 bits per heavy atom. The molecule has 0 unspecified atom stereocenters. The van der Waals surface area contributed by atoms with Gasteiger partial charge in [-0.15, -0.1) is 22.0 Å². The fraction of sp³-hybridized carbons (Fsp3) is 0.692. The molecule has 1 saturated carbocycles. The molecule has 8 heteroatoms. The van der Waals surface area contributed by atoms with Crippen molar-refractivity contribution in [2.45, 2.75) is 49.4 Å². The first kappa shape index (κ1) is 13.5. The highest BCUT2D eigenvalue weighted by molar-refractivity contribution is 8.01. The third-order valence-electron chi connectivity index (χ3n) is 4.34. The smallest absolute Gasteiger partial charge is 0.249 e. The van der Waals surface area contributed by atoms with Gasteiger partial charge < -0.3 is 4.90 Å². The zero-order chi connectivity index (χ0) is 14.6. The van der Waals surface area contributed by atoms with E-state index in [-0.39, 0.29) is 22.7 Å². The first-order chi connectivity index (χ1) is 10.1. The Morgan fingerprint density at radius 2 is 2.24 bits per heavy atom. The monoisotopic (exact) mass is 324 g/mol. The molecule has 0 radical (unpaired) electrons. The highest BCUT2D eigenvalue weighted by Gasteiger charge is 2.53. The van der Waals surface area contributed by atoms with E-state index in [4.69, 9.17) is 0 Å². The zero-order valence-corrected chi connectivity index (χ0v) is 13.3. The van der Waals surface area contributed by atoms with Crippen LogP contribution in [0.25, 0.3) is 0 Å². The van der Waals surface area contributed by atoms with Crippen LogP contribution in [0.5, 0.6) is 0 Å². The first-order valence-corrected chi connectivity index (χ1v) is 8.97. The van der Waals surface area contributed by atoms with Crippen molar-refractivity contribution < 1.29 is 9.59 Å². The van der Waals surface area contributed by atoms with Gasteiger partial charge >= 0.3 is 0 Å². The molecule has 3 aliphatic rings. The summed E-state index contributed by atoms with van der Waals surface area (Å²) in [5.41, 5.74) is 0. The van der Waals surface area contributed by atoms with E-state index >= 15 is 0 Å². The molecule has 0 aromatic carbocycles. The lowest BCUT2D eigenvalue weighted by molar-refractivity contribution is -0.135. The molecule has 2 aliphatic heterocycles. The number of anilines is 1. The Morgan fingerprint density at radius 1 is 1.43 bits per heavy atom. The van der Waals surface area contributed by atoms with E-state index < -0.39 is 0 Å². The Bertz CT molecular complexity index is 615. The summed E-state index contributed by atoms with van der Waals surface area (Å²) in [6.45, 7) is 2.05. The first-order valence-electron chi connectivity index (χ1n) is 7.17. The number of aromatic nitrogens is 2. The van der Waals surface area contributed by atoms with Gasteiger partial charge in [0.2, 0.25) is 16.9 Å². The van der Waals surface area contributed by atoms with Crippen molar-refractivity contribution in [1.29, 1.82) is 0 Å². The van der Waals surface area contributed by atoms with Crippen molar-refractivity contribution in [3.63, 3.8) is 0 Å². The lowest BCUT2D eigenvalue weighted by atomic mass is 10.2. The summed E-state index contributed by atoms with van der Waals surface area (Å²) in [5, 5.41) is 12.5. The quantitative estimate of drug-likeness (QED) is 0.918. The number of carbonyl (C=O) groups excluding carboxylic acids is 2. The summed E-state index contributed by atoms with van der Waals surface area (Å²) in [7, 11) is 0. The van der Waals surface area contributed by atoms with Crippen LogP contribution in [-0.2, 0) is 9.59 Å². The number of nitrogens with one attached hydrogen (secondary N) is 1. The molecule has 4 rings (SSSR count). The summed E-state index contributed by atoms with van der Waals surface area (Å²) >= 11 is 3.15. The normalized spacial score (nSPS) is 31.6. The Hall–Kier alpha value is -1.15. The fourth-order valence-electron chi connectivity index (χ4n) is 2.98. The van der Waals surface area contributed by atoms with Gasteiger partial charge in [0.1, 0.15) is 11.0 Å². The molecule has 3 fully saturated rings. The van der Waals surface area contributed by atoms with Gasteiger partial charge in [-0.25, -0.2) is 0 Å². The number of carbonyl (C=O) groups is 2. The molecular formula is C13H16N4O2S2. The maximum Gasteiger partial charge on any atom is 0.249 e. The summed E-state index contributed by atoms with van der Waals surface area (Å²) in [6.07, 6.45) is 3.70. The van der Waals surface area contributed by atoms with Gasteiger partial charge in [0, 0.05) is 18.1 Å². The maximum absolute atomic E-state index is 12.5. The second-order valence-electron chi connectivity index (χ2n) is 5.97. The lowest BCUT2D eigenvalue weighted by Gasteiger charge is -2.29. The van der Waals surface area contributed by atoms with E-state index in [0.29, 0.717) is 23.2 Å². The van der Waals surface area contributed by atoms with Crippen LogP contribution >= 0.6 is 23.1 Å². The maximum atomic E-state index is 12.5. The molecule has 2 saturated heterocycles. The summed E-state index contributed by atoms with van der Waals surface area (Å²) in [6, 6.07) is -0.386. The van der Waals surface area contributed by atoms with Crippen LogP contribution in [0, 0.1) is 0 Å². The predicted molar refractivity (Wildman–Crippen MR) is 81.2 cm³/mol. The molecule has 1 aliphatic carbocycles. The van der Waals surface area contributed by atoms with Crippen molar-refractivity contribution in [2.75, 3.05) is 11.1 Å². The topological polar surface area (TPSA) is 75.2 Å². The number of rotatable bonds is 3. The molecule has 1 aromatic rings. The molecule has 0 bridgehead atoms.